The number of hydrogen-bond donors (Lipinski definition) is 3. The lowest BCUT2D eigenvalue weighted by Crippen LogP contribution is -2.15. The highest BCUT2D eigenvalue weighted by molar-refractivity contribution is 6.08. The molecule has 1 amide bonds. The van der Waals surface area contributed by atoms with E-state index in [0.717, 1.165) is 17.7 Å². The summed E-state index contributed by atoms with van der Waals surface area (Å²) in [7, 11) is 0. The van der Waals surface area contributed by atoms with Gasteiger partial charge in [0.25, 0.3) is 5.91 Å². The summed E-state index contributed by atoms with van der Waals surface area (Å²) < 4.78 is 38.5. The Labute approximate surface area is 159 Å². The van der Waals surface area contributed by atoms with Gasteiger partial charge in [-0.1, -0.05) is 24.3 Å². The fourth-order valence-electron chi connectivity index (χ4n) is 2.60. The first-order chi connectivity index (χ1) is 13.3. The first kappa shape index (κ1) is 19.2. The number of amides is 1. The molecular formula is C20H17F3N4O. The van der Waals surface area contributed by atoms with Gasteiger partial charge in [0.1, 0.15) is 5.82 Å². The number of nitrogens with two attached hydrogens (primary N) is 1. The Morgan fingerprint density at radius 1 is 1.04 bits per heavy atom. The Bertz CT molecular complexity index is 989. The number of rotatable bonds is 5. The zero-order chi connectivity index (χ0) is 20.1. The van der Waals surface area contributed by atoms with Gasteiger partial charge in [-0.3, -0.25) is 4.79 Å². The molecular weight excluding hydrogens is 369 g/mol. The van der Waals surface area contributed by atoms with Crippen LogP contribution in [0.4, 0.5) is 30.4 Å². The first-order valence-corrected chi connectivity index (χ1v) is 8.35. The second kappa shape index (κ2) is 7.99. The van der Waals surface area contributed by atoms with E-state index in [1.165, 1.54) is 12.1 Å². The van der Waals surface area contributed by atoms with Crippen LogP contribution in [0, 0.1) is 0 Å². The minimum atomic E-state index is -4.48. The predicted molar refractivity (Wildman–Crippen MR) is 102 cm³/mol. The molecule has 0 fully saturated rings. The molecule has 2 aromatic carbocycles. The number of hydrogen-bond acceptors (Lipinski definition) is 4. The van der Waals surface area contributed by atoms with Gasteiger partial charge >= 0.3 is 6.18 Å². The number of para-hydroxylation sites is 1. The van der Waals surface area contributed by atoms with Gasteiger partial charge in [0.2, 0.25) is 0 Å². The fraction of sp³-hybridized carbons (Fsp3) is 0.100. The number of nitrogens with one attached hydrogen (secondary N) is 2. The average Bonchev–Trinajstić information content (AvgIpc) is 2.67. The molecule has 0 aliphatic heterocycles. The number of alkyl halides is 3. The summed E-state index contributed by atoms with van der Waals surface area (Å²) in [5, 5.41) is 5.62. The minimum Gasteiger partial charge on any atom is -0.383 e. The van der Waals surface area contributed by atoms with Crippen LogP contribution in [0.5, 0.6) is 0 Å². The highest BCUT2D eigenvalue weighted by Gasteiger charge is 2.30. The molecule has 0 unspecified atom stereocenters. The maximum atomic E-state index is 12.8. The highest BCUT2D eigenvalue weighted by atomic mass is 19.4. The van der Waals surface area contributed by atoms with Crippen LogP contribution >= 0.6 is 0 Å². The number of carbonyl (C=O) groups is 1. The summed E-state index contributed by atoms with van der Waals surface area (Å²) in [5.41, 5.74) is 6.62. The van der Waals surface area contributed by atoms with Crippen molar-refractivity contribution in [2.24, 2.45) is 0 Å². The van der Waals surface area contributed by atoms with Gasteiger partial charge < -0.3 is 16.4 Å². The van der Waals surface area contributed by atoms with E-state index in [1.807, 2.05) is 0 Å². The lowest BCUT2D eigenvalue weighted by atomic mass is 10.1. The fourth-order valence-corrected chi connectivity index (χ4v) is 2.60. The molecule has 3 rings (SSSR count). The van der Waals surface area contributed by atoms with Crippen molar-refractivity contribution in [3.63, 3.8) is 0 Å². The van der Waals surface area contributed by atoms with Crippen molar-refractivity contribution in [2.75, 3.05) is 16.4 Å². The third kappa shape index (κ3) is 4.59. The van der Waals surface area contributed by atoms with E-state index in [2.05, 4.69) is 15.6 Å². The second-order valence-electron chi connectivity index (χ2n) is 5.98. The Kier molecular flexibility index (Phi) is 5.49. The summed E-state index contributed by atoms with van der Waals surface area (Å²) >= 11 is 0. The Hall–Kier alpha value is -3.55. The summed E-state index contributed by atoms with van der Waals surface area (Å²) in [5.74, 6) is -0.150. The summed E-state index contributed by atoms with van der Waals surface area (Å²) in [6, 6.07) is 14.7. The summed E-state index contributed by atoms with van der Waals surface area (Å²) in [6.45, 7) is 0.341. The van der Waals surface area contributed by atoms with Gasteiger partial charge in [0.05, 0.1) is 11.1 Å². The van der Waals surface area contributed by atoms with Crippen molar-refractivity contribution in [3.8, 4) is 0 Å². The molecule has 8 heteroatoms. The third-order valence-corrected chi connectivity index (χ3v) is 4.01. The SMILES string of the molecule is Nc1ncccc1CNc1ccccc1C(=O)Nc1cccc(C(F)(F)F)c1. The van der Waals surface area contributed by atoms with Crippen molar-refractivity contribution in [3.05, 3.63) is 83.6 Å². The van der Waals surface area contributed by atoms with Crippen molar-refractivity contribution in [2.45, 2.75) is 12.7 Å². The zero-order valence-electron chi connectivity index (χ0n) is 14.6. The van der Waals surface area contributed by atoms with Gasteiger partial charge in [0.15, 0.2) is 0 Å². The number of benzene rings is 2. The number of anilines is 3. The molecule has 0 aliphatic rings. The molecule has 0 aliphatic carbocycles. The molecule has 5 nitrogen and oxygen atoms in total. The summed E-state index contributed by atoms with van der Waals surface area (Å²) in [6.07, 6.45) is -2.90. The van der Waals surface area contributed by atoms with E-state index in [9.17, 15) is 18.0 Å². The van der Waals surface area contributed by atoms with Crippen molar-refractivity contribution >= 4 is 23.1 Å². The van der Waals surface area contributed by atoms with Crippen LogP contribution in [0.25, 0.3) is 0 Å². The monoisotopic (exact) mass is 386 g/mol. The van der Waals surface area contributed by atoms with Gasteiger partial charge in [0, 0.05) is 29.7 Å². The molecule has 0 atom stereocenters. The van der Waals surface area contributed by atoms with Crippen LogP contribution in [0.15, 0.2) is 66.9 Å². The molecule has 0 bridgehead atoms. The topological polar surface area (TPSA) is 80.0 Å². The van der Waals surface area contributed by atoms with Crippen LogP contribution in [-0.2, 0) is 12.7 Å². The molecule has 0 saturated carbocycles. The second-order valence-corrected chi connectivity index (χ2v) is 5.98. The number of pyridine rings is 1. The minimum absolute atomic E-state index is 0.0612. The van der Waals surface area contributed by atoms with Crippen LogP contribution in [0.1, 0.15) is 21.5 Å². The lowest BCUT2D eigenvalue weighted by Gasteiger charge is -2.14. The predicted octanol–water partition coefficient (Wildman–Crippen LogP) is 4.55. The molecule has 0 radical (unpaired) electrons. The van der Waals surface area contributed by atoms with Gasteiger partial charge in [-0.2, -0.15) is 13.2 Å². The van der Waals surface area contributed by atoms with Crippen LogP contribution in [0.3, 0.4) is 0 Å². The average molecular weight is 386 g/mol. The van der Waals surface area contributed by atoms with Crippen LogP contribution in [0.2, 0.25) is 0 Å². The third-order valence-electron chi connectivity index (χ3n) is 4.01. The molecule has 1 aromatic heterocycles. The zero-order valence-corrected chi connectivity index (χ0v) is 14.6. The maximum Gasteiger partial charge on any atom is 0.416 e. The van der Waals surface area contributed by atoms with Crippen LogP contribution < -0.4 is 16.4 Å². The molecule has 28 heavy (non-hydrogen) atoms. The standard InChI is InChI=1S/C20H17F3N4O/c21-20(22,23)14-6-3-7-15(11-14)27-19(28)16-8-1-2-9-17(16)26-12-13-5-4-10-25-18(13)24/h1-11,26H,12H2,(H2,24,25)(H,27,28). The normalized spacial score (nSPS) is 11.1. The number of aromatic nitrogens is 1. The van der Waals surface area contributed by atoms with E-state index in [1.54, 1.807) is 42.6 Å². The van der Waals surface area contributed by atoms with E-state index in [4.69, 9.17) is 5.73 Å². The molecule has 1 heterocycles. The van der Waals surface area contributed by atoms with Crippen molar-refractivity contribution in [1.82, 2.24) is 4.98 Å². The van der Waals surface area contributed by atoms with Crippen LogP contribution in [-0.4, -0.2) is 10.9 Å². The molecule has 144 valence electrons. The first-order valence-electron chi connectivity index (χ1n) is 8.35. The molecule has 4 N–H and O–H groups in total. The Morgan fingerprint density at radius 2 is 1.82 bits per heavy atom. The van der Waals surface area contributed by atoms with Crippen molar-refractivity contribution < 1.29 is 18.0 Å². The molecule has 0 spiro atoms. The largest absolute Gasteiger partial charge is 0.416 e. The summed E-state index contributed by atoms with van der Waals surface area (Å²) in [4.78, 5) is 16.6. The smallest absolute Gasteiger partial charge is 0.383 e. The lowest BCUT2D eigenvalue weighted by molar-refractivity contribution is -0.137. The quantitative estimate of drug-likeness (QED) is 0.601. The Balaban J connectivity index is 1.77. The highest BCUT2D eigenvalue weighted by Crippen LogP contribution is 2.31. The van der Waals surface area contributed by atoms with E-state index >= 15 is 0 Å². The molecule has 0 saturated heterocycles. The van der Waals surface area contributed by atoms with E-state index in [0.29, 0.717) is 23.6 Å². The Morgan fingerprint density at radius 3 is 2.57 bits per heavy atom. The number of carbonyl (C=O) groups excluding carboxylic acids is 1. The number of halogens is 3. The molecule has 3 aromatic rings. The van der Waals surface area contributed by atoms with E-state index < -0.39 is 17.6 Å². The van der Waals surface area contributed by atoms with Crippen molar-refractivity contribution in [1.29, 1.82) is 0 Å². The van der Waals surface area contributed by atoms with Gasteiger partial charge in [-0.15, -0.1) is 0 Å². The number of nitrogen functional groups attached to an aromatic ring is 1. The maximum absolute atomic E-state index is 12.8. The number of nitrogens with zero attached hydrogens (tertiary/aromatic N) is 1. The van der Waals surface area contributed by atoms with Gasteiger partial charge in [-0.05, 0) is 36.4 Å². The van der Waals surface area contributed by atoms with E-state index in [-0.39, 0.29) is 5.69 Å². The van der Waals surface area contributed by atoms with Gasteiger partial charge in [-0.25, -0.2) is 4.98 Å².